The molecule has 2 unspecified atom stereocenters. The van der Waals surface area contributed by atoms with Gasteiger partial charge in [0.05, 0.1) is 12.2 Å². The van der Waals surface area contributed by atoms with Gasteiger partial charge in [0.2, 0.25) is 0 Å². The number of halogens is 1. The van der Waals surface area contributed by atoms with Gasteiger partial charge in [0, 0.05) is 25.0 Å². The van der Waals surface area contributed by atoms with E-state index in [2.05, 4.69) is 35.2 Å². The maximum atomic E-state index is 13.0. The first-order valence-electron chi connectivity index (χ1n) is 10.0. The Morgan fingerprint density at radius 2 is 1.67 bits per heavy atom. The van der Waals surface area contributed by atoms with Gasteiger partial charge in [-0.15, -0.1) is 0 Å². The van der Waals surface area contributed by atoms with Crippen LogP contribution in [-0.2, 0) is 6.54 Å². The molecule has 1 N–H and O–H groups in total. The molecule has 0 spiro atoms. The Balaban J connectivity index is 1.36. The first-order valence-corrected chi connectivity index (χ1v) is 10.0. The number of hydrogen-bond acceptors (Lipinski definition) is 3. The Hall–Kier alpha value is -1.91. The zero-order valence-electron chi connectivity index (χ0n) is 15.7. The average molecular weight is 369 g/mol. The zero-order chi connectivity index (χ0) is 18.7. The molecular formula is C23H28FNO2. The second-order valence-electron chi connectivity index (χ2n) is 8.08. The molecule has 2 bridgehead atoms. The van der Waals surface area contributed by atoms with Crippen molar-refractivity contribution in [2.45, 2.75) is 62.8 Å². The number of rotatable bonds is 6. The van der Waals surface area contributed by atoms with Crippen LogP contribution in [0.4, 0.5) is 4.39 Å². The quantitative estimate of drug-likeness (QED) is 0.811. The SMILES string of the molecule is OC1(CCOc2ccc(F)cc2)CC2CCCC(C1)N2Cc1ccccc1. The van der Waals surface area contributed by atoms with Crippen LogP contribution < -0.4 is 4.74 Å². The molecule has 2 saturated heterocycles. The molecule has 0 aliphatic carbocycles. The van der Waals surface area contributed by atoms with Gasteiger partial charge in [-0.2, -0.15) is 0 Å². The van der Waals surface area contributed by atoms with Crippen LogP contribution in [-0.4, -0.2) is 34.3 Å². The Morgan fingerprint density at radius 1 is 1.00 bits per heavy atom. The monoisotopic (exact) mass is 369 g/mol. The molecule has 0 saturated carbocycles. The maximum absolute atomic E-state index is 13.0. The van der Waals surface area contributed by atoms with E-state index in [0.717, 1.165) is 32.2 Å². The highest BCUT2D eigenvalue weighted by Crippen LogP contribution is 2.41. The van der Waals surface area contributed by atoms with Crippen molar-refractivity contribution in [3.05, 3.63) is 66.0 Å². The number of ether oxygens (including phenoxy) is 1. The normalized spacial score (nSPS) is 28.1. The van der Waals surface area contributed by atoms with Crippen LogP contribution >= 0.6 is 0 Å². The highest BCUT2D eigenvalue weighted by molar-refractivity contribution is 5.22. The number of aliphatic hydroxyl groups is 1. The molecule has 2 aromatic carbocycles. The Bertz CT molecular complexity index is 720. The third-order valence-corrected chi connectivity index (χ3v) is 6.10. The average Bonchev–Trinajstić information content (AvgIpc) is 2.65. The van der Waals surface area contributed by atoms with Crippen LogP contribution in [0.2, 0.25) is 0 Å². The highest BCUT2D eigenvalue weighted by Gasteiger charge is 2.45. The largest absolute Gasteiger partial charge is 0.493 e. The summed E-state index contributed by atoms with van der Waals surface area (Å²) in [4.78, 5) is 2.61. The fourth-order valence-electron chi connectivity index (χ4n) is 4.76. The van der Waals surface area contributed by atoms with Gasteiger partial charge in [-0.25, -0.2) is 4.39 Å². The molecule has 2 heterocycles. The van der Waals surface area contributed by atoms with Crippen molar-refractivity contribution in [3.8, 4) is 5.75 Å². The summed E-state index contributed by atoms with van der Waals surface area (Å²) < 4.78 is 18.7. The molecule has 4 heteroatoms. The lowest BCUT2D eigenvalue weighted by Gasteiger charge is -2.52. The molecule has 2 aromatic rings. The van der Waals surface area contributed by atoms with E-state index in [1.165, 1.54) is 24.1 Å². The Morgan fingerprint density at radius 3 is 2.33 bits per heavy atom. The van der Waals surface area contributed by atoms with Crippen LogP contribution in [0.15, 0.2) is 54.6 Å². The summed E-state index contributed by atoms with van der Waals surface area (Å²) in [5.74, 6) is 0.390. The van der Waals surface area contributed by atoms with Crippen LogP contribution in [0.5, 0.6) is 5.75 Å². The van der Waals surface area contributed by atoms with Crippen molar-refractivity contribution in [2.75, 3.05) is 6.61 Å². The number of hydrogen-bond donors (Lipinski definition) is 1. The van der Waals surface area contributed by atoms with E-state index < -0.39 is 5.60 Å². The predicted molar refractivity (Wildman–Crippen MR) is 104 cm³/mol. The van der Waals surface area contributed by atoms with E-state index in [1.807, 2.05) is 0 Å². The van der Waals surface area contributed by atoms with Crippen molar-refractivity contribution in [1.82, 2.24) is 4.90 Å². The second kappa shape index (κ2) is 7.99. The van der Waals surface area contributed by atoms with Crippen molar-refractivity contribution in [3.63, 3.8) is 0 Å². The van der Waals surface area contributed by atoms with Crippen molar-refractivity contribution in [1.29, 1.82) is 0 Å². The smallest absolute Gasteiger partial charge is 0.123 e. The van der Waals surface area contributed by atoms with Crippen LogP contribution in [0.1, 0.15) is 44.1 Å². The van der Waals surface area contributed by atoms with Crippen molar-refractivity contribution < 1.29 is 14.2 Å². The summed E-state index contributed by atoms with van der Waals surface area (Å²) in [6, 6.07) is 17.6. The third kappa shape index (κ3) is 4.50. The molecule has 4 rings (SSSR count). The molecule has 2 fully saturated rings. The number of nitrogens with zero attached hydrogens (tertiary/aromatic N) is 1. The van der Waals surface area contributed by atoms with Crippen molar-refractivity contribution >= 4 is 0 Å². The summed E-state index contributed by atoms with van der Waals surface area (Å²) in [6.07, 6.45) is 5.81. The molecule has 2 aliphatic heterocycles. The fraction of sp³-hybridized carbons (Fsp3) is 0.478. The topological polar surface area (TPSA) is 32.7 Å². The second-order valence-corrected chi connectivity index (χ2v) is 8.08. The van der Waals surface area contributed by atoms with Gasteiger partial charge in [-0.3, -0.25) is 4.90 Å². The fourth-order valence-corrected chi connectivity index (χ4v) is 4.76. The van der Waals surface area contributed by atoms with Gasteiger partial charge >= 0.3 is 0 Å². The molecule has 0 aromatic heterocycles. The van der Waals surface area contributed by atoms with E-state index in [0.29, 0.717) is 30.9 Å². The lowest BCUT2D eigenvalue weighted by atomic mass is 9.74. The minimum absolute atomic E-state index is 0.264. The Kier molecular flexibility index (Phi) is 5.46. The van der Waals surface area contributed by atoms with Gasteiger partial charge in [-0.1, -0.05) is 36.8 Å². The van der Waals surface area contributed by atoms with Crippen LogP contribution in [0.3, 0.4) is 0 Å². The lowest BCUT2D eigenvalue weighted by molar-refractivity contribution is -0.103. The van der Waals surface area contributed by atoms with E-state index in [1.54, 1.807) is 12.1 Å². The number of piperidine rings is 2. The number of benzene rings is 2. The van der Waals surface area contributed by atoms with Crippen molar-refractivity contribution in [2.24, 2.45) is 0 Å². The summed E-state index contributed by atoms with van der Waals surface area (Å²) in [6.45, 7) is 1.43. The first kappa shape index (κ1) is 18.5. The molecule has 3 nitrogen and oxygen atoms in total. The zero-order valence-corrected chi connectivity index (χ0v) is 15.7. The minimum atomic E-state index is -0.664. The molecule has 0 radical (unpaired) electrons. The standard InChI is InChI=1S/C23H28FNO2/c24-19-9-11-22(12-10-19)27-14-13-23(26)15-20-7-4-8-21(16-23)25(20)17-18-5-2-1-3-6-18/h1-3,5-6,9-12,20-21,26H,4,7-8,13-17H2. The molecule has 144 valence electrons. The lowest BCUT2D eigenvalue weighted by Crippen LogP contribution is -2.57. The van der Waals surface area contributed by atoms with E-state index in [-0.39, 0.29) is 5.82 Å². The van der Waals surface area contributed by atoms with Gasteiger partial charge in [0.1, 0.15) is 11.6 Å². The Labute approximate surface area is 160 Å². The summed E-state index contributed by atoms with van der Waals surface area (Å²) in [5.41, 5.74) is 0.683. The minimum Gasteiger partial charge on any atom is -0.493 e. The molecule has 2 atom stereocenters. The van der Waals surface area contributed by atoms with Crippen LogP contribution in [0.25, 0.3) is 0 Å². The predicted octanol–water partition coefficient (Wildman–Crippen LogP) is 4.54. The van der Waals surface area contributed by atoms with Gasteiger partial charge in [-0.05, 0) is 55.5 Å². The van der Waals surface area contributed by atoms with E-state index in [4.69, 9.17) is 4.74 Å². The molecule has 2 aliphatic rings. The van der Waals surface area contributed by atoms with Gasteiger partial charge in [0.25, 0.3) is 0 Å². The summed E-state index contributed by atoms with van der Waals surface area (Å²) in [5, 5.41) is 11.2. The summed E-state index contributed by atoms with van der Waals surface area (Å²) >= 11 is 0. The first-order chi connectivity index (χ1) is 13.1. The van der Waals surface area contributed by atoms with Gasteiger partial charge in [0.15, 0.2) is 0 Å². The summed E-state index contributed by atoms with van der Waals surface area (Å²) in [7, 11) is 0. The maximum Gasteiger partial charge on any atom is 0.123 e. The van der Waals surface area contributed by atoms with E-state index >= 15 is 0 Å². The third-order valence-electron chi connectivity index (χ3n) is 6.10. The number of fused-ring (bicyclic) bond motifs is 2. The van der Waals surface area contributed by atoms with Gasteiger partial charge < -0.3 is 9.84 Å². The molecule has 27 heavy (non-hydrogen) atoms. The molecular weight excluding hydrogens is 341 g/mol. The van der Waals surface area contributed by atoms with E-state index in [9.17, 15) is 9.50 Å². The highest BCUT2D eigenvalue weighted by atomic mass is 19.1. The van der Waals surface area contributed by atoms with Crippen LogP contribution in [0, 0.1) is 5.82 Å². The molecule has 0 amide bonds.